The molecule has 4 N–H and O–H groups in total. The number of ether oxygens (including phenoxy) is 1. The molecule has 0 aromatic heterocycles. The molecule has 0 bridgehead atoms. The second kappa shape index (κ2) is 7.55. The molecule has 1 atom stereocenters. The third kappa shape index (κ3) is 5.05. The summed E-state index contributed by atoms with van der Waals surface area (Å²) in [6, 6.07) is 7.13. The van der Waals surface area contributed by atoms with Crippen molar-refractivity contribution < 1.29 is 9.53 Å². The van der Waals surface area contributed by atoms with E-state index in [4.69, 9.17) is 10.5 Å². The Hall–Kier alpha value is -1.75. The first-order chi connectivity index (χ1) is 8.65. The minimum absolute atomic E-state index is 0.110. The highest BCUT2D eigenvalue weighted by molar-refractivity contribution is 5.89. The van der Waals surface area contributed by atoms with E-state index < -0.39 is 0 Å². The molecule has 5 heteroatoms. The molecular weight excluding hydrogens is 230 g/mol. The van der Waals surface area contributed by atoms with Gasteiger partial charge in [0.2, 0.25) is 0 Å². The number of nitrogens with two attached hydrogens (primary N) is 1. The molecule has 0 saturated heterocycles. The maximum atomic E-state index is 11.7. The average molecular weight is 251 g/mol. The van der Waals surface area contributed by atoms with Crippen molar-refractivity contribution in [1.82, 2.24) is 5.32 Å². The van der Waals surface area contributed by atoms with Gasteiger partial charge in [-0.25, -0.2) is 4.79 Å². The zero-order valence-electron chi connectivity index (χ0n) is 10.9. The van der Waals surface area contributed by atoms with Crippen molar-refractivity contribution in [2.24, 2.45) is 5.73 Å². The molecule has 1 unspecified atom stereocenters. The molecule has 0 radical (unpaired) electrons. The molecule has 1 rings (SSSR count). The zero-order chi connectivity index (χ0) is 13.4. The third-order valence-corrected chi connectivity index (χ3v) is 2.55. The standard InChI is InChI=1S/C13H21N3O2/c1-10(5-4-8-14)15-13(17)16-11-6-3-7-12(9-11)18-2/h3,6-7,9-10H,4-5,8,14H2,1-2H3,(H2,15,16,17). The van der Waals surface area contributed by atoms with Crippen LogP contribution in [0, 0.1) is 0 Å². The predicted molar refractivity (Wildman–Crippen MR) is 72.9 cm³/mol. The van der Waals surface area contributed by atoms with Crippen molar-refractivity contribution >= 4 is 11.7 Å². The maximum absolute atomic E-state index is 11.7. The Bertz CT molecular complexity index is 382. The van der Waals surface area contributed by atoms with Gasteiger partial charge in [0.15, 0.2) is 0 Å². The van der Waals surface area contributed by atoms with Crippen LogP contribution in [0.25, 0.3) is 0 Å². The Balaban J connectivity index is 2.43. The lowest BCUT2D eigenvalue weighted by atomic mass is 10.2. The van der Waals surface area contributed by atoms with Crippen molar-refractivity contribution in [1.29, 1.82) is 0 Å². The summed E-state index contributed by atoms with van der Waals surface area (Å²) >= 11 is 0. The van der Waals surface area contributed by atoms with E-state index in [2.05, 4.69) is 10.6 Å². The number of nitrogens with one attached hydrogen (secondary N) is 2. The normalized spacial score (nSPS) is 11.7. The smallest absolute Gasteiger partial charge is 0.319 e. The van der Waals surface area contributed by atoms with E-state index in [0.29, 0.717) is 18.0 Å². The number of urea groups is 1. The Morgan fingerprint density at radius 1 is 1.50 bits per heavy atom. The number of carbonyl (C=O) groups excluding carboxylic acids is 1. The van der Waals surface area contributed by atoms with Gasteiger partial charge < -0.3 is 21.1 Å². The van der Waals surface area contributed by atoms with Gasteiger partial charge in [-0.2, -0.15) is 0 Å². The monoisotopic (exact) mass is 251 g/mol. The van der Waals surface area contributed by atoms with Gasteiger partial charge in [0.05, 0.1) is 7.11 Å². The van der Waals surface area contributed by atoms with E-state index in [0.717, 1.165) is 12.8 Å². The van der Waals surface area contributed by atoms with Gasteiger partial charge in [-0.15, -0.1) is 0 Å². The Morgan fingerprint density at radius 3 is 2.94 bits per heavy atom. The van der Waals surface area contributed by atoms with Crippen molar-refractivity contribution in [2.45, 2.75) is 25.8 Å². The number of hydrogen-bond acceptors (Lipinski definition) is 3. The van der Waals surface area contributed by atoms with Crippen LogP contribution in [0.5, 0.6) is 5.75 Å². The summed E-state index contributed by atoms with van der Waals surface area (Å²) in [7, 11) is 1.59. The van der Waals surface area contributed by atoms with Crippen LogP contribution in [0.4, 0.5) is 10.5 Å². The van der Waals surface area contributed by atoms with E-state index in [1.165, 1.54) is 0 Å². The van der Waals surface area contributed by atoms with Crippen molar-refractivity contribution in [2.75, 3.05) is 19.0 Å². The Labute approximate surface area is 108 Å². The summed E-state index contributed by atoms with van der Waals surface area (Å²) in [5, 5.41) is 5.62. The highest BCUT2D eigenvalue weighted by Crippen LogP contribution is 2.16. The fraction of sp³-hybridized carbons (Fsp3) is 0.462. The van der Waals surface area contributed by atoms with Gasteiger partial charge >= 0.3 is 6.03 Å². The zero-order valence-corrected chi connectivity index (χ0v) is 10.9. The molecule has 0 heterocycles. The molecule has 0 aliphatic heterocycles. The molecule has 0 fully saturated rings. The second-order valence-electron chi connectivity index (χ2n) is 4.16. The van der Waals surface area contributed by atoms with Crippen LogP contribution in [0.1, 0.15) is 19.8 Å². The van der Waals surface area contributed by atoms with Crippen LogP contribution in [0.3, 0.4) is 0 Å². The van der Waals surface area contributed by atoms with Crippen LogP contribution in [-0.2, 0) is 0 Å². The lowest BCUT2D eigenvalue weighted by Crippen LogP contribution is -2.36. The Morgan fingerprint density at radius 2 is 2.28 bits per heavy atom. The van der Waals surface area contributed by atoms with E-state index in [1.54, 1.807) is 13.2 Å². The fourth-order valence-electron chi connectivity index (χ4n) is 1.59. The molecule has 0 saturated carbocycles. The largest absolute Gasteiger partial charge is 0.497 e. The molecule has 5 nitrogen and oxygen atoms in total. The number of anilines is 1. The third-order valence-electron chi connectivity index (χ3n) is 2.55. The molecule has 0 aliphatic rings. The lowest BCUT2D eigenvalue weighted by Gasteiger charge is -2.14. The van der Waals surface area contributed by atoms with Crippen LogP contribution in [0.2, 0.25) is 0 Å². The summed E-state index contributed by atoms with van der Waals surface area (Å²) in [5.74, 6) is 0.712. The molecule has 0 aliphatic carbocycles. The Kier molecular flexibility index (Phi) is 6.00. The van der Waals surface area contributed by atoms with E-state index >= 15 is 0 Å². The predicted octanol–water partition coefficient (Wildman–Crippen LogP) is 1.94. The van der Waals surface area contributed by atoms with E-state index in [9.17, 15) is 4.79 Å². The maximum Gasteiger partial charge on any atom is 0.319 e. The number of carbonyl (C=O) groups is 1. The highest BCUT2D eigenvalue weighted by Gasteiger charge is 2.07. The SMILES string of the molecule is COc1cccc(NC(=O)NC(C)CCCN)c1. The molecule has 2 amide bonds. The molecule has 18 heavy (non-hydrogen) atoms. The van der Waals surface area contributed by atoms with E-state index in [1.807, 2.05) is 25.1 Å². The van der Waals surface area contributed by atoms with E-state index in [-0.39, 0.29) is 12.1 Å². The van der Waals surface area contributed by atoms with Gasteiger partial charge in [0.25, 0.3) is 0 Å². The molecule has 1 aromatic carbocycles. The van der Waals surface area contributed by atoms with Gasteiger partial charge in [-0.3, -0.25) is 0 Å². The van der Waals surface area contributed by atoms with Crippen molar-refractivity contribution in [3.8, 4) is 5.75 Å². The number of hydrogen-bond donors (Lipinski definition) is 3. The first kappa shape index (κ1) is 14.3. The molecular formula is C13H21N3O2. The van der Waals surface area contributed by atoms with Gasteiger partial charge in [0.1, 0.15) is 5.75 Å². The minimum Gasteiger partial charge on any atom is -0.497 e. The number of methoxy groups -OCH3 is 1. The number of amides is 2. The minimum atomic E-state index is -0.215. The summed E-state index contributed by atoms with van der Waals surface area (Å²) in [6.07, 6.45) is 1.78. The summed E-state index contributed by atoms with van der Waals surface area (Å²) < 4.78 is 5.09. The van der Waals surface area contributed by atoms with Crippen molar-refractivity contribution in [3.05, 3.63) is 24.3 Å². The fourth-order valence-corrected chi connectivity index (χ4v) is 1.59. The van der Waals surface area contributed by atoms with Gasteiger partial charge in [-0.05, 0) is 38.4 Å². The topological polar surface area (TPSA) is 76.4 Å². The average Bonchev–Trinajstić information content (AvgIpc) is 2.36. The van der Waals surface area contributed by atoms with Crippen LogP contribution >= 0.6 is 0 Å². The first-order valence-corrected chi connectivity index (χ1v) is 6.07. The molecule has 1 aromatic rings. The van der Waals surface area contributed by atoms with Gasteiger partial charge in [-0.1, -0.05) is 6.07 Å². The summed E-state index contributed by atoms with van der Waals surface area (Å²) in [5.41, 5.74) is 6.13. The lowest BCUT2D eigenvalue weighted by molar-refractivity contribution is 0.248. The summed E-state index contributed by atoms with van der Waals surface area (Å²) in [4.78, 5) is 11.7. The van der Waals surface area contributed by atoms with Crippen LogP contribution < -0.4 is 21.1 Å². The second-order valence-corrected chi connectivity index (χ2v) is 4.16. The number of rotatable bonds is 6. The van der Waals surface area contributed by atoms with Gasteiger partial charge in [0, 0.05) is 17.8 Å². The van der Waals surface area contributed by atoms with Crippen LogP contribution in [-0.4, -0.2) is 25.7 Å². The molecule has 100 valence electrons. The van der Waals surface area contributed by atoms with Crippen molar-refractivity contribution in [3.63, 3.8) is 0 Å². The highest BCUT2D eigenvalue weighted by atomic mass is 16.5. The molecule has 0 spiro atoms. The first-order valence-electron chi connectivity index (χ1n) is 6.07. The summed E-state index contributed by atoms with van der Waals surface area (Å²) in [6.45, 7) is 2.60. The quantitative estimate of drug-likeness (QED) is 0.723. The number of benzene rings is 1. The van der Waals surface area contributed by atoms with Crippen LogP contribution in [0.15, 0.2) is 24.3 Å².